The highest BCUT2D eigenvalue weighted by atomic mass is 16.5. The molecule has 18 heavy (non-hydrogen) atoms. The third-order valence-corrected chi connectivity index (χ3v) is 2.27. The molecular weight excluding hydrogens is 232 g/mol. The monoisotopic (exact) mass is 248 g/mol. The van der Waals surface area contributed by atoms with Gasteiger partial charge in [0.25, 0.3) is 0 Å². The van der Waals surface area contributed by atoms with Crippen molar-refractivity contribution in [3.8, 4) is 6.07 Å². The van der Waals surface area contributed by atoms with Crippen LogP contribution in [-0.2, 0) is 9.53 Å². The fraction of sp³-hybridized carbons (Fsp3) is 0.417. The number of ether oxygens (including phenoxy) is 1. The molecular formula is C12H16N4O2. The Balaban J connectivity index is 2.51. The molecule has 0 bridgehead atoms. The summed E-state index contributed by atoms with van der Waals surface area (Å²) >= 11 is 0. The molecule has 0 saturated carbocycles. The molecule has 1 aromatic rings. The highest BCUT2D eigenvalue weighted by Crippen LogP contribution is 2.09. The number of anilines is 1. The van der Waals surface area contributed by atoms with Gasteiger partial charge in [0.15, 0.2) is 0 Å². The zero-order chi connectivity index (χ0) is 13.4. The average Bonchev–Trinajstić information content (AvgIpc) is 2.39. The Bertz CT molecular complexity index is 442. The Hall–Kier alpha value is -2.13. The normalized spacial score (nSPS) is 9.61. The number of amides is 1. The van der Waals surface area contributed by atoms with Crippen LogP contribution in [0.2, 0.25) is 0 Å². The second-order valence-corrected chi connectivity index (χ2v) is 3.71. The molecule has 6 nitrogen and oxygen atoms in total. The van der Waals surface area contributed by atoms with E-state index in [0.717, 1.165) is 0 Å². The van der Waals surface area contributed by atoms with Gasteiger partial charge in [0.2, 0.25) is 5.91 Å². The molecule has 0 radical (unpaired) electrons. The van der Waals surface area contributed by atoms with E-state index in [1.807, 2.05) is 6.07 Å². The molecule has 0 saturated heterocycles. The van der Waals surface area contributed by atoms with E-state index in [0.29, 0.717) is 24.5 Å². The van der Waals surface area contributed by atoms with Gasteiger partial charge in [-0.15, -0.1) is 0 Å². The van der Waals surface area contributed by atoms with Gasteiger partial charge in [-0.25, -0.2) is 4.98 Å². The average molecular weight is 248 g/mol. The summed E-state index contributed by atoms with van der Waals surface area (Å²) in [7, 11) is 3.33. The number of nitrogens with one attached hydrogen (secondary N) is 1. The van der Waals surface area contributed by atoms with Crippen molar-refractivity contribution in [2.24, 2.45) is 0 Å². The fourth-order valence-electron chi connectivity index (χ4n) is 1.34. The van der Waals surface area contributed by atoms with Crippen molar-refractivity contribution < 1.29 is 9.53 Å². The molecule has 6 heteroatoms. The molecule has 0 aliphatic carbocycles. The summed E-state index contributed by atoms with van der Waals surface area (Å²) in [6.07, 6.45) is 1.55. The summed E-state index contributed by atoms with van der Waals surface area (Å²) in [5, 5.41) is 11.5. The second-order valence-electron chi connectivity index (χ2n) is 3.71. The van der Waals surface area contributed by atoms with Gasteiger partial charge in [-0.1, -0.05) is 0 Å². The van der Waals surface area contributed by atoms with Crippen LogP contribution in [0, 0.1) is 11.3 Å². The molecule has 1 N–H and O–H groups in total. The number of hydrogen-bond acceptors (Lipinski definition) is 5. The number of aromatic nitrogens is 1. The largest absolute Gasteiger partial charge is 0.383 e. The first-order valence-corrected chi connectivity index (χ1v) is 5.50. The lowest BCUT2D eigenvalue weighted by Crippen LogP contribution is -2.36. The third-order valence-electron chi connectivity index (χ3n) is 2.27. The molecule has 0 aliphatic rings. The van der Waals surface area contributed by atoms with Crippen LogP contribution < -0.4 is 10.2 Å². The standard InChI is InChI=1S/C12H16N4O2/c1-16(9-12(17)15-5-6-18-2)11-7-10(8-13)3-4-14-11/h3-4,7H,5-6,9H2,1-2H3,(H,15,17). The lowest BCUT2D eigenvalue weighted by atomic mass is 10.3. The van der Waals surface area contributed by atoms with E-state index in [9.17, 15) is 4.79 Å². The molecule has 1 amide bonds. The molecule has 1 aromatic heterocycles. The molecule has 0 spiro atoms. The fourth-order valence-corrected chi connectivity index (χ4v) is 1.34. The van der Waals surface area contributed by atoms with Crippen LogP contribution in [0.1, 0.15) is 5.56 Å². The Morgan fingerprint density at radius 1 is 1.67 bits per heavy atom. The van der Waals surface area contributed by atoms with Crippen LogP contribution in [0.25, 0.3) is 0 Å². The van der Waals surface area contributed by atoms with Crippen LogP contribution in [0.4, 0.5) is 5.82 Å². The molecule has 0 aromatic carbocycles. The first kappa shape index (κ1) is 13.9. The maximum Gasteiger partial charge on any atom is 0.239 e. The SMILES string of the molecule is COCCNC(=O)CN(C)c1cc(C#N)ccn1. The predicted molar refractivity (Wildman–Crippen MR) is 67.1 cm³/mol. The first-order valence-electron chi connectivity index (χ1n) is 5.50. The smallest absolute Gasteiger partial charge is 0.239 e. The van der Waals surface area contributed by atoms with E-state index in [1.54, 1.807) is 37.4 Å². The summed E-state index contributed by atoms with van der Waals surface area (Å²) in [5.74, 6) is 0.481. The van der Waals surface area contributed by atoms with Crippen LogP contribution in [0.5, 0.6) is 0 Å². The summed E-state index contributed by atoms with van der Waals surface area (Å²) in [6, 6.07) is 5.30. The van der Waals surface area contributed by atoms with Gasteiger partial charge >= 0.3 is 0 Å². The summed E-state index contributed by atoms with van der Waals surface area (Å²) in [5.41, 5.74) is 0.520. The lowest BCUT2D eigenvalue weighted by Gasteiger charge is -2.17. The zero-order valence-electron chi connectivity index (χ0n) is 10.5. The summed E-state index contributed by atoms with van der Waals surface area (Å²) in [4.78, 5) is 17.3. The van der Waals surface area contributed by atoms with Crippen molar-refractivity contribution >= 4 is 11.7 Å². The van der Waals surface area contributed by atoms with Crippen LogP contribution in [-0.4, -0.2) is 44.7 Å². The minimum Gasteiger partial charge on any atom is -0.383 e. The highest BCUT2D eigenvalue weighted by Gasteiger charge is 2.08. The first-order chi connectivity index (χ1) is 8.67. The minimum absolute atomic E-state index is 0.112. The van der Waals surface area contributed by atoms with E-state index in [4.69, 9.17) is 10.00 Å². The third kappa shape index (κ3) is 4.39. The van der Waals surface area contributed by atoms with Crippen LogP contribution in [0.3, 0.4) is 0 Å². The van der Waals surface area contributed by atoms with Crippen molar-refractivity contribution in [2.45, 2.75) is 0 Å². The predicted octanol–water partition coefficient (Wildman–Crippen LogP) is 0.152. The quantitative estimate of drug-likeness (QED) is 0.725. The van der Waals surface area contributed by atoms with Gasteiger partial charge in [0.05, 0.1) is 24.8 Å². The number of nitriles is 1. The van der Waals surface area contributed by atoms with E-state index >= 15 is 0 Å². The Morgan fingerprint density at radius 3 is 3.11 bits per heavy atom. The van der Waals surface area contributed by atoms with Gasteiger partial charge in [0.1, 0.15) is 5.82 Å². The van der Waals surface area contributed by atoms with Crippen molar-refractivity contribution in [1.82, 2.24) is 10.3 Å². The zero-order valence-corrected chi connectivity index (χ0v) is 10.5. The van der Waals surface area contributed by atoms with Gasteiger partial charge in [0, 0.05) is 26.9 Å². The molecule has 0 aliphatic heterocycles. The molecule has 0 fully saturated rings. The number of nitrogens with zero attached hydrogens (tertiary/aromatic N) is 3. The lowest BCUT2D eigenvalue weighted by molar-refractivity contribution is -0.119. The Morgan fingerprint density at radius 2 is 2.44 bits per heavy atom. The number of likely N-dealkylation sites (N-methyl/N-ethyl adjacent to an activating group) is 1. The van der Waals surface area contributed by atoms with E-state index in [-0.39, 0.29) is 12.5 Å². The van der Waals surface area contributed by atoms with Gasteiger partial charge in [-0.05, 0) is 12.1 Å². The van der Waals surface area contributed by atoms with E-state index < -0.39 is 0 Å². The maximum absolute atomic E-state index is 11.6. The maximum atomic E-state index is 11.6. The minimum atomic E-state index is -0.112. The van der Waals surface area contributed by atoms with Crippen LogP contribution in [0.15, 0.2) is 18.3 Å². The van der Waals surface area contributed by atoms with Crippen LogP contribution >= 0.6 is 0 Å². The summed E-state index contributed by atoms with van der Waals surface area (Å²) in [6.45, 7) is 1.15. The second kappa shape index (κ2) is 7.25. The topological polar surface area (TPSA) is 78.2 Å². The van der Waals surface area contributed by atoms with Crippen molar-refractivity contribution in [3.63, 3.8) is 0 Å². The van der Waals surface area contributed by atoms with Crippen molar-refractivity contribution in [3.05, 3.63) is 23.9 Å². The number of pyridine rings is 1. The number of hydrogen-bond donors (Lipinski definition) is 1. The Labute approximate surface area is 106 Å². The number of carbonyl (C=O) groups is 1. The van der Waals surface area contributed by atoms with E-state index in [1.165, 1.54) is 0 Å². The van der Waals surface area contributed by atoms with Gasteiger partial charge in [-0.3, -0.25) is 4.79 Å². The molecule has 96 valence electrons. The Kier molecular flexibility index (Phi) is 5.61. The number of carbonyl (C=O) groups excluding carboxylic acids is 1. The van der Waals surface area contributed by atoms with Gasteiger partial charge in [-0.2, -0.15) is 5.26 Å². The molecule has 1 heterocycles. The van der Waals surface area contributed by atoms with Gasteiger partial charge < -0.3 is 15.0 Å². The highest BCUT2D eigenvalue weighted by molar-refractivity contribution is 5.80. The number of methoxy groups -OCH3 is 1. The van der Waals surface area contributed by atoms with Crippen molar-refractivity contribution in [1.29, 1.82) is 5.26 Å². The van der Waals surface area contributed by atoms with E-state index in [2.05, 4.69) is 10.3 Å². The summed E-state index contributed by atoms with van der Waals surface area (Å²) < 4.78 is 4.84. The molecule has 0 unspecified atom stereocenters. The van der Waals surface area contributed by atoms with Crippen molar-refractivity contribution in [2.75, 3.05) is 38.8 Å². The molecule has 0 atom stereocenters. The molecule has 1 rings (SSSR count). The number of rotatable bonds is 6.